The zero-order chi connectivity index (χ0) is 24.9. The van der Waals surface area contributed by atoms with E-state index < -0.39 is 0 Å². The predicted molar refractivity (Wildman–Crippen MR) is 152 cm³/mol. The lowest BCUT2D eigenvalue weighted by Crippen LogP contribution is -2.26. The summed E-state index contributed by atoms with van der Waals surface area (Å²) in [4.78, 5) is 0. The van der Waals surface area contributed by atoms with Gasteiger partial charge in [0.1, 0.15) is 13.2 Å². The van der Waals surface area contributed by atoms with Crippen LogP contribution in [0.1, 0.15) is 154 Å². The summed E-state index contributed by atoms with van der Waals surface area (Å²) in [5.41, 5.74) is 0. The molecule has 0 unspecified atom stereocenters. The molecule has 3 heteroatoms. The molecule has 0 saturated carbocycles. The molecule has 3 aliphatic carbocycles. The molecule has 206 valence electrons. The molecule has 0 saturated heterocycles. The van der Waals surface area contributed by atoms with Crippen LogP contribution in [0.2, 0.25) is 0 Å². The average molecular weight is 501 g/mol. The number of rotatable bonds is 8. The molecule has 3 nitrogen and oxygen atoms in total. The first kappa shape index (κ1) is 29.2. The third-order valence-electron chi connectivity index (χ3n) is 7.98. The first-order valence-electron chi connectivity index (χ1n) is 15.9. The molecule has 0 aromatic rings. The van der Waals surface area contributed by atoms with Gasteiger partial charge in [0.25, 0.3) is 0 Å². The summed E-state index contributed by atoms with van der Waals surface area (Å²) in [7, 11) is 0. The number of allylic oxidation sites excluding steroid dienone is 6. The third-order valence-corrected chi connectivity index (χ3v) is 7.98. The molecule has 36 heavy (non-hydrogen) atoms. The van der Waals surface area contributed by atoms with Gasteiger partial charge in [-0.2, -0.15) is 0 Å². The molecule has 0 fully saturated rings. The van der Waals surface area contributed by atoms with Gasteiger partial charge in [-0.1, -0.05) is 77.0 Å². The van der Waals surface area contributed by atoms with Crippen LogP contribution in [-0.4, -0.2) is 19.3 Å². The van der Waals surface area contributed by atoms with Crippen molar-refractivity contribution in [3.8, 4) is 0 Å². The van der Waals surface area contributed by atoms with Gasteiger partial charge < -0.3 is 14.2 Å². The highest BCUT2D eigenvalue weighted by atomic mass is 16.6. The Hall–Kier alpha value is -1.38. The molecule has 0 aromatic carbocycles. The third kappa shape index (κ3) is 13.8. The van der Waals surface area contributed by atoms with Crippen LogP contribution in [0.4, 0.5) is 0 Å². The van der Waals surface area contributed by atoms with Gasteiger partial charge in [-0.3, -0.25) is 0 Å². The zero-order valence-corrected chi connectivity index (χ0v) is 23.4. The first-order chi connectivity index (χ1) is 17.9. The Morgan fingerprint density at radius 3 is 1.19 bits per heavy atom. The van der Waals surface area contributed by atoms with E-state index in [4.69, 9.17) is 14.2 Å². The van der Waals surface area contributed by atoms with Crippen LogP contribution < -0.4 is 0 Å². The van der Waals surface area contributed by atoms with Gasteiger partial charge in [-0.05, 0) is 76.0 Å². The molecule has 0 heterocycles. The van der Waals surface area contributed by atoms with Gasteiger partial charge in [0.2, 0.25) is 0 Å². The van der Waals surface area contributed by atoms with Crippen molar-refractivity contribution in [2.45, 2.75) is 160 Å². The fourth-order valence-corrected chi connectivity index (χ4v) is 5.65. The minimum Gasteiger partial charge on any atom is -0.494 e. The molecule has 0 radical (unpaired) electrons. The van der Waals surface area contributed by atoms with E-state index in [1.165, 1.54) is 133 Å². The number of hydrogen-bond acceptors (Lipinski definition) is 3. The second-order valence-corrected chi connectivity index (χ2v) is 11.4. The molecule has 0 bridgehead atoms. The van der Waals surface area contributed by atoms with Gasteiger partial charge in [0.15, 0.2) is 6.10 Å². The van der Waals surface area contributed by atoms with Gasteiger partial charge in [-0.25, -0.2) is 0 Å². The Labute approximate surface area is 223 Å². The van der Waals surface area contributed by atoms with Crippen LogP contribution >= 0.6 is 0 Å². The van der Waals surface area contributed by atoms with E-state index in [-0.39, 0.29) is 6.10 Å². The Bertz CT molecular complexity index is 609. The summed E-state index contributed by atoms with van der Waals surface area (Å²) in [5.74, 6) is 3.54. The lowest BCUT2D eigenvalue weighted by molar-refractivity contribution is -0.0103. The largest absolute Gasteiger partial charge is 0.494 e. The van der Waals surface area contributed by atoms with Gasteiger partial charge in [-0.15, -0.1) is 0 Å². The summed E-state index contributed by atoms with van der Waals surface area (Å²) < 4.78 is 19.6. The van der Waals surface area contributed by atoms with E-state index in [1.54, 1.807) is 0 Å². The average Bonchev–Trinajstić information content (AvgIpc) is 2.91. The highest BCUT2D eigenvalue weighted by Gasteiger charge is 2.17. The Balaban J connectivity index is 1.60. The molecule has 0 N–H and O–H groups in total. The monoisotopic (exact) mass is 500 g/mol. The van der Waals surface area contributed by atoms with E-state index in [1.807, 2.05) is 0 Å². The van der Waals surface area contributed by atoms with Gasteiger partial charge >= 0.3 is 0 Å². The van der Waals surface area contributed by atoms with Crippen molar-refractivity contribution in [3.63, 3.8) is 0 Å². The van der Waals surface area contributed by atoms with Crippen LogP contribution in [0.3, 0.4) is 0 Å². The smallest absolute Gasteiger partial charge is 0.166 e. The summed E-state index contributed by atoms with van der Waals surface area (Å²) in [5, 5.41) is 0. The van der Waals surface area contributed by atoms with E-state index in [0.717, 1.165) is 38.5 Å². The predicted octanol–water partition coefficient (Wildman–Crippen LogP) is 10.5. The van der Waals surface area contributed by atoms with Crippen molar-refractivity contribution >= 4 is 0 Å². The van der Waals surface area contributed by atoms with Gasteiger partial charge in [0.05, 0.1) is 17.3 Å². The lowest BCUT2D eigenvalue weighted by atomic mass is 10.0. The normalized spacial score (nSPS) is 23.2. The molecule has 0 amide bonds. The maximum absolute atomic E-state index is 6.66. The topological polar surface area (TPSA) is 27.7 Å². The van der Waals surface area contributed by atoms with Crippen LogP contribution in [0.25, 0.3) is 0 Å². The summed E-state index contributed by atoms with van der Waals surface area (Å²) >= 11 is 0. The first-order valence-corrected chi connectivity index (χ1v) is 15.9. The van der Waals surface area contributed by atoms with Crippen LogP contribution in [0, 0.1) is 0 Å². The van der Waals surface area contributed by atoms with E-state index in [2.05, 4.69) is 18.2 Å². The van der Waals surface area contributed by atoms with Gasteiger partial charge in [0, 0.05) is 19.3 Å². The van der Waals surface area contributed by atoms with Crippen LogP contribution in [0.5, 0.6) is 0 Å². The number of ether oxygens (including phenoxy) is 3. The van der Waals surface area contributed by atoms with E-state index >= 15 is 0 Å². The van der Waals surface area contributed by atoms with E-state index in [9.17, 15) is 0 Å². The zero-order valence-electron chi connectivity index (χ0n) is 23.4. The quantitative estimate of drug-likeness (QED) is 0.332. The molecule has 0 aromatic heterocycles. The molecular weight excluding hydrogens is 444 g/mol. The molecule has 3 aliphatic rings. The summed E-state index contributed by atoms with van der Waals surface area (Å²) in [6.07, 6.45) is 37.5. The summed E-state index contributed by atoms with van der Waals surface area (Å²) in [6.45, 7) is 1.19. The number of hydrogen-bond donors (Lipinski definition) is 0. The molecule has 0 aliphatic heterocycles. The standard InChI is InChI=1S/C33H56O3/c1-4-10-16-22-30(23-17-11-5-1)34-28-33(36-32-26-20-14-8-3-9-15-21-27-32)29-35-31-24-18-12-6-2-7-13-19-25-31/h22,24,26,33H,1-21,23,25,27-29H2. The maximum Gasteiger partial charge on any atom is 0.166 e. The van der Waals surface area contributed by atoms with Crippen molar-refractivity contribution in [1.82, 2.24) is 0 Å². The molecular formula is C33H56O3. The van der Waals surface area contributed by atoms with Crippen LogP contribution in [-0.2, 0) is 14.2 Å². The van der Waals surface area contributed by atoms with Crippen molar-refractivity contribution in [1.29, 1.82) is 0 Å². The minimum absolute atomic E-state index is 0.0493. The maximum atomic E-state index is 6.66. The van der Waals surface area contributed by atoms with Crippen molar-refractivity contribution < 1.29 is 14.2 Å². The fourth-order valence-electron chi connectivity index (χ4n) is 5.65. The lowest BCUT2D eigenvalue weighted by Gasteiger charge is -2.24. The van der Waals surface area contributed by atoms with E-state index in [0.29, 0.717) is 13.2 Å². The Kier molecular flexibility index (Phi) is 16.0. The summed E-state index contributed by atoms with van der Waals surface area (Å²) in [6, 6.07) is 0. The van der Waals surface area contributed by atoms with Crippen molar-refractivity contribution in [3.05, 3.63) is 35.5 Å². The van der Waals surface area contributed by atoms with Crippen molar-refractivity contribution in [2.75, 3.05) is 13.2 Å². The Morgan fingerprint density at radius 1 is 0.417 bits per heavy atom. The molecule has 3 rings (SSSR count). The second kappa shape index (κ2) is 19.7. The van der Waals surface area contributed by atoms with Crippen molar-refractivity contribution in [2.24, 2.45) is 0 Å². The second-order valence-electron chi connectivity index (χ2n) is 11.4. The minimum atomic E-state index is -0.0493. The SMILES string of the molecule is C1=C(OCC(COC2=CCCCCCCCC2)OC2=CCCCCCCCC2)CCCCCCCC1. The highest BCUT2D eigenvalue weighted by molar-refractivity contribution is 4.98. The van der Waals surface area contributed by atoms with Crippen LogP contribution in [0.15, 0.2) is 35.5 Å². The fraction of sp³-hybridized carbons (Fsp3) is 0.818. The highest BCUT2D eigenvalue weighted by Crippen LogP contribution is 2.23. The molecule has 0 spiro atoms. The molecule has 0 atom stereocenters. The Morgan fingerprint density at radius 2 is 0.750 bits per heavy atom.